The molecule has 0 heterocycles. The van der Waals surface area contributed by atoms with E-state index in [-0.39, 0.29) is 12.2 Å². The summed E-state index contributed by atoms with van der Waals surface area (Å²) >= 11 is 0. The van der Waals surface area contributed by atoms with Crippen LogP contribution >= 0.6 is 0 Å². The second kappa shape index (κ2) is 11.3. The van der Waals surface area contributed by atoms with Crippen LogP contribution < -0.4 is 0 Å². The standard InChI is InChI=1S/C40H42O/c1-7-27-29-17-9-13-21-33(29)37(34-22-14-10-18-30(27)34)39(25(3)4)41-40(26(5)6)38-35-23-15-11-19-31(35)28(8-2)32-20-12-16-24-36(32)38/h9-26,39-40H,7-8H2,1-6H3. The summed E-state index contributed by atoms with van der Waals surface area (Å²) in [6, 6.07) is 35.8. The largest absolute Gasteiger partial charge is 0.365 e. The molecule has 6 aromatic carbocycles. The van der Waals surface area contributed by atoms with Crippen LogP contribution in [0.3, 0.4) is 0 Å². The van der Waals surface area contributed by atoms with Crippen LogP contribution in [0.2, 0.25) is 0 Å². The fourth-order valence-corrected chi connectivity index (χ4v) is 7.15. The fourth-order valence-electron chi connectivity index (χ4n) is 7.15. The minimum atomic E-state index is -0.0634. The summed E-state index contributed by atoms with van der Waals surface area (Å²) in [6.45, 7) is 13.8. The highest BCUT2D eigenvalue weighted by Gasteiger charge is 2.31. The van der Waals surface area contributed by atoms with E-state index in [4.69, 9.17) is 4.74 Å². The monoisotopic (exact) mass is 538 g/mol. The molecular formula is C40H42O. The minimum absolute atomic E-state index is 0.0634. The third kappa shape index (κ3) is 4.61. The Labute approximate surface area is 245 Å². The van der Waals surface area contributed by atoms with Gasteiger partial charge in [0.15, 0.2) is 0 Å². The lowest BCUT2D eigenvalue weighted by Gasteiger charge is -2.34. The summed E-state index contributed by atoms with van der Waals surface area (Å²) in [4.78, 5) is 0. The normalized spacial score (nSPS) is 13.7. The molecule has 0 N–H and O–H groups in total. The lowest BCUT2D eigenvalue weighted by atomic mass is 9.83. The molecule has 2 unspecified atom stereocenters. The third-order valence-corrected chi connectivity index (χ3v) is 8.95. The Kier molecular flexibility index (Phi) is 7.58. The smallest absolute Gasteiger partial charge is 0.0868 e. The van der Waals surface area contributed by atoms with E-state index in [2.05, 4.69) is 139 Å². The highest BCUT2D eigenvalue weighted by molar-refractivity contribution is 6.07. The average molecular weight is 539 g/mol. The lowest BCUT2D eigenvalue weighted by molar-refractivity contribution is -0.0582. The topological polar surface area (TPSA) is 9.23 Å². The van der Waals surface area contributed by atoms with Crippen molar-refractivity contribution in [1.29, 1.82) is 0 Å². The Balaban J connectivity index is 1.63. The average Bonchev–Trinajstić information content (AvgIpc) is 2.99. The van der Waals surface area contributed by atoms with E-state index in [0.717, 1.165) is 12.8 Å². The molecule has 0 amide bonds. The highest BCUT2D eigenvalue weighted by atomic mass is 16.5. The van der Waals surface area contributed by atoms with Crippen LogP contribution in [0.5, 0.6) is 0 Å². The molecule has 0 aliphatic rings. The van der Waals surface area contributed by atoms with E-state index in [9.17, 15) is 0 Å². The molecule has 208 valence electrons. The van der Waals surface area contributed by atoms with Gasteiger partial charge in [-0.2, -0.15) is 0 Å². The molecule has 0 spiro atoms. The van der Waals surface area contributed by atoms with Gasteiger partial charge in [-0.1, -0.05) is 139 Å². The van der Waals surface area contributed by atoms with Gasteiger partial charge in [0.25, 0.3) is 0 Å². The van der Waals surface area contributed by atoms with Crippen molar-refractivity contribution in [3.8, 4) is 0 Å². The van der Waals surface area contributed by atoms with Gasteiger partial charge in [0.1, 0.15) is 0 Å². The Bertz CT molecular complexity index is 1610. The van der Waals surface area contributed by atoms with Crippen LogP contribution in [0.4, 0.5) is 0 Å². The van der Waals surface area contributed by atoms with E-state index in [1.807, 2.05) is 0 Å². The van der Waals surface area contributed by atoms with Gasteiger partial charge in [0.05, 0.1) is 12.2 Å². The maximum atomic E-state index is 7.53. The first-order chi connectivity index (χ1) is 20.0. The molecule has 6 rings (SSSR count). The van der Waals surface area contributed by atoms with Crippen molar-refractivity contribution >= 4 is 43.1 Å². The van der Waals surface area contributed by atoms with Crippen molar-refractivity contribution in [2.75, 3.05) is 0 Å². The quantitative estimate of drug-likeness (QED) is 0.175. The van der Waals surface area contributed by atoms with Gasteiger partial charge in [0.2, 0.25) is 0 Å². The SMILES string of the molecule is CCc1c2ccccc2c(C(OC(c2c3ccccc3c(CC)c3ccccc23)C(C)C)C(C)C)c2ccccc12. The van der Waals surface area contributed by atoms with E-state index >= 15 is 0 Å². The number of hydrogen-bond donors (Lipinski definition) is 0. The van der Waals surface area contributed by atoms with Crippen LogP contribution in [0.15, 0.2) is 97.1 Å². The van der Waals surface area contributed by atoms with Crippen molar-refractivity contribution in [2.45, 2.75) is 66.6 Å². The summed E-state index contributed by atoms with van der Waals surface area (Å²) in [7, 11) is 0. The first-order valence-electron chi connectivity index (χ1n) is 15.5. The van der Waals surface area contributed by atoms with Gasteiger partial charge in [-0.05, 0) is 90.0 Å². The van der Waals surface area contributed by atoms with Crippen molar-refractivity contribution in [3.63, 3.8) is 0 Å². The highest BCUT2D eigenvalue weighted by Crippen LogP contribution is 2.46. The van der Waals surface area contributed by atoms with E-state index in [1.165, 1.54) is 65.3 Å². The van der Waals surface area contributed by atoms with E-state index < -0.39 is 0 Å². The molecule has 0 aliphatic carbocycles. The van der Waals surface area contributed by atoms with Crippen LogP contribution in [0, 0.1) is 11.8 Å². The zero-order valence-corrected chi connectivity index (χ0v) is 25.4. The predicted molar refractivity (Wildman–Crippen MR) is 178 cm³/mol. The molecule has 0 fully saturated rings. The predicted octanol–water partition coefficient (Wildman–Crippen LogP) is 11.5. The number of rotatable bonds is 8. The molecule has 0 aromatic heterocycles. The molecule has 0 aliphatic heterocycles. The van der Waals surface area contributed by atoms with Crippen molar-refractivity contribution in [1.82, 2.24) is 0 Å². The molecule has 6 aromatic rings. The Hall–Kier alpha value is -3.68. The fraction of sp³-hybridized carbons (Fsp3) is 0.300. The van der Waals surface area contributed by atoms with E-state index in [1.54, 1.807) is 0 Å². The molecule has 1 nitrogen and oxygen atoms in total. The van der Waals surface area contributed by atoms with Gasteiger partial charge in [-0.15, -0.1) is 0 Å². The second-order valence-electron chi connectivity index (χ2n) is 12.1. The van der Waals surface area contributed by atoms with Crippen molar-refractivity contribution < 1.29 is 4.74 Å². The Morgan fingerprint density at radius 1 is 0.415 bits per heavy atom. The number of fused-ring (bicyclic) bond motifs is 4. The number of benzene rings is 6. The zero-order chi connectivity index (χ0) is 28.7. The molecular weight excluding hydrogens is 496 g/mol. The molecule has 1 heteroatoms. The number of aryl methyl sites for hydroxylation is 2. The first-order valence-corrected chi connectivity index (χ1v) is 15.5. The first kappa shape index (κ1) is 27.5. The molecule has 41 heavy (non-hydrogen) atoms. The lowest BCUT2D eigenvalue weighted by Crippen LogP contribution is -2.20. The van der Waals surface area contributed by atoms with Crippen LogP contribution in [0.25, 0.3) is 43.1 Å². The maximum absolute atomic E-state index is 7.53. The van der Waals surface area contributed by atoms with Crippen LogP contribution in [-0.2, 0) is 17.6 Å². The van der Waals surface area contributed by atoms with Crippen molar-refractivity contribution in [2.24, 2.45) is 11.8 Å². The molecule has 2 atom stereocenters. The maximum Gasteiger partial charge on any atom is 0.0868 e. The van der Waals surface area contributed by atoms with Crippen LogP contribution in [-0.4, -0.2) is 0 Å². The third-order valence-electron chi connectivity index (χ3n) is 8.95. The van der Waals surface area contributed by atoms with Gasteiger partial charge in [-0.25, -0.2) is 0 Å². The van der Waals surface area contributed by atoms with Gasteiger partial charge in [-0.3, -0.25) is 0 Å². The summed E-state index contributed by atoms with van der Waals surface area (Å²) < 4.78 is 7.53. The summed E-state index contributed by atoms with van der Waals surface area (Å²) in [5.74, 6) is 0.589. The Morgan fingerprint density at radius 2 is 0.659 bits per heavy atom. The van der Waals surface area contributed by atoms with Crippen LogP contribution in [0.1, 0.15) is 76.0 Å². The summed E-state index contributed by atoms with van der Waals surface area (Å²) in [6.07, 6.45) is 1.88. The van der Waals surface area contributed by atoms with Gasteiger partial charge in [0, 0.05) is 0 Å². The van der Waals surface area contributed by atoms with Gasteiger partial charge < -0.3 is 4.74 Å². The zero-order valence-electron chi connectivity index (χ0n) is 25.4. The van der Waals surface area contributed by atoms with Gasteiger partial charge >= 0.3 is 0 Å². The molecule has 0 saturated carbocycles. The number of hydrogen-bond acceptors (Lipinski definition) is 1. The second-order valence-corrected chi connectivity index (χ2v) is 12.1. The Morgan fingerprint density at radius 3 is 0.878 bits per heavy atom. The van der Waals surface area contributed by atoms with Crippen molar-refractivity contribution in [3.05, 3.63) is 119 Å². The molecule has 0 saturated heterocycles. The summed E-state index contributed by atoms with van der Waals surface area (Å²) in [5, 5.41) is 10.7. The minimum Gasteiger partial charge on any atom is -0.365 e. The summed E-state index contributed by atoms with van der Waals surface area (Å²) in [5.41, 5.74) is 5.51. The number of ether oxygens (including phenoxy) is 1. The molecule has 0 radical (unpaired) electrons. The van der Waals surface area contributed by atoms with E-state index in [0.29, 0.717) is 11.8 Å². The molecule has 0 bridgehead atoms.